The maximum atomic E-state index is 13.9. The molecule has 4 aliphatic carbocycles. The molecular formula is C20H23F7O6. The van der Waals surface area contributed by atoms with Crippen LogP contribution in [0.4, 0.5) is 30.7 Å². The fraction of sp³-hybridized carbons (Fsp3) is 0.900. The van der Waals surface area contributed by atoms with E-state index < -0.39 is 78.2 Å². The minimum absolute atomic E-state index is 0.156. The molecule has 33 heavy (non-hydrogen) atoms. The van der Waals surface area contributed by atoms with Gasteiger partial charge >= 0.3 is 30.0 Å². The van der Waals surface area contributed by atoms with Crippen molar-refractivity contribution < 1.29 is 59.6 Å². The number of carbonyl (C=O) groups excluding carboxylic acids is 1. The van der Waals surface area contributed by atoms with Gasteiger partial charge in [-0.1, -0.05) is 0 Å². The average Bonchev–Trinajstić information content (AvgIpc) is 2.73. The molecule has 0 amide bonds. The molecule has 1 saturated heterocycles. The molecule has 1 N–H and O–H groups in total. The zero-order valence-electron chi connectivity index (χ0n) is 17.5. The second-order valence-electron chi connectivity index (χ2n) is 10.0. The van der Waals surface area contributed by atoms with E-state index in [1.807, 2.05) is 0 Å². The third-order valence-electron chi connectivity index (χ3n) is 7.66. The van der Waals surface area contributed by atoms with Gasteiger partial charge in [0.1, 0.15) is 13.2 Å². The fourth-order valence-electron chi connectivity index (χ4n) is 6.10. The first-order valence-corrected chi connectivity index (χ1v) is 10.5. The maximum absolute atomic E-state index is 13.9. The average molecular weight is 492 g/mol. The molecule has 1 spiro atoms. The Balaban J connectivity index is 1.60. The van der Waals surface area contributed by atoms with E-state index >= 15 is 0 Å². The molecule has 5 aliphatic rings. The Morgan fingerprint density at radius 2 is 1.45 bits per heavy atom. The van der Waals surface area contributed by atoms with Gasteiger partial charge in [-0.3, -0.25) is 9.59 Å². The molecule has 1 aliphatic heterocycles. The van der Waals surface area contributed by atoms with Crippen molar-refractivity contribution in [2.45, 2.75) is 74.9 Å². The molecule has 5 rings (SSSR count). The normalized spacial score (nSPS) is 37.9. The summed E-state index contributed by atoms with van der Waals surface area (Å²) >= 11 is 0. The molecule has 0 aromatic carbocycles. The van der Waals surface area contributed by atoms with Crippen LogP contribution in [0.5, 0.6) is 0 Å². The summed E-state index contributed by atoms with van der Waals surface area (Å²) in [5, 5.41) is 8.89. The third-order valence-corrected chi connectivity index (χ3v) is 7.66. The van der Waals surface area contributed by atoms with Gasteiger partial charge in [0.15, 0.2) is 5.79 Å². The molecular weight excluding hydrogens is 469 g/mol. The number of rotatable bonds is 4. The first-order chi connectivity index (χ1) is 15.0. The minimum atomic E-state index is -5.16. The predicted molar refractivity (Wildman–Crippen MR) is 93.3 cm³/mol. The third kappa shape index (κ3) is 3.69. The number of carboxylic acids is 1. The SMILES string of the molecule is CC(CC(=O)O)(OC(=O)C12CC3CC(C1)C1(OCC(F)(F)C(F)(F)CO1)C(C3)C2)C(F)(F)F. The van der Waals surface area contributed by atoms with Gasteiger partial charge in [-0.25, -0.2) is 0 Å². The summed E-state index contributed by atoms with van der Waals surface area (Å²) in [7, 11) is 0. The van der Waals surface area contributed by atoms with E-state index in [0.717, 1.165) is 0 Å². The Bertz CT molecular complexity index is 807. The molecule has 1 heterocycles. The van der Waals surface area contributed by atoms with Gasteiger partial charge in [0, 0.05) is 11.8 Å². The molecule has 4 bridgehead atoms. The first kappa shape index (κ1) is 24.5. The monoisotopic (exact) mass is 492 g/mol. The summed E-state index contributed by atoms with van der Waals surface area (Å²) in [6.07, 6.45) is -6.16. The number of carboxylic acid groups (broad SMARTS) is 1. The summed E-state index contributed by atoms with van der Waals surface area (Å²) in [6, 6.07) is 0. The van der Waals surface area contributed by atoms with Crippen molar-refractivity contribution in [2.24, 2.45) is 23.2 Å². The molecule has 13 heteroatoms. The molecule has 6 nitrogen and oxygen atoms in total. The fourth-order valence-corrected chi connectivity index (χ4v) is 6.10. The van der Waals surface area contributed by atoms with E-state index in [2.05, 4.69) is 0 Å². The molecule has 188 valence electrons. The lowest BCUT2D eigenvalue weighted by Crippen LogP contribution is -2.65. The predicted octanol–water partition coefficient (Wildman–Crippen LogP) is 4.17. The number of hydrogen-bond donors (Lipinski definition) is 1. The van der Waals surface area contributed by atoms with Crippen LogP contribution in [-0.2, 0) is 23.8 Å². The summed E-state index contributed by atoms with van der Waals surface area (Å²) in [4.78, 5) is 24.0. The Labute approximate surface area is 183 Å². The highest BCUT2D eigenvalue weighted by molar-refractivity contribution is 5.79. The maximum Gasteiger partial charge on any atom is 0.428 e. The van der Waals surface area contributed by atoms with Crippen molar-refractivity contribution in [1.82, 2.24) is 0 Å². The van der Waals surface area contributed by atoms with Crippen LogP contribution >= 0.6 is 0 Å². The van der Waals surface area contributed by atoms with E-state index in [9.17, 15) is 40.3 Å². The number of esters is 1. The van der Waals surface area contributed by atoms with Crippen LogP contribution in [0, 0.1) is 23.2 Å². The lowest BCUT2D eigenvalue weighted by molar-refractivity contribution is -0.348. The van der Waals surface area contributed by atoms with Crippen molar-refractivity contribution in [3.63, 3.8) is 0 Å². The number of ether oxygens (including phenoxy) is 3. The molecule has 3 unspecified atom stereocenters. The van der Waals surface area contributed by atoms with Gasteiger partial charge in [-0.05, 0) is 44.9 Å². The van der Waals surface area contributed by atoms with E-state index in [1.54, 1.807) is 0 Å². The number of aliphatic carboxylic acids is 1. The zero-order chi connectivity index (χ0) is 24.7. The molecule has 5 fully saturated rings. The lowest BCUT2D eigenvalue weighted by atomic mass is 9.47. The van der Waals surface area contributed by atoms with E-state index in [-0.39, 0.29) is 25.2 Å². The summed E-state index contributed by atoms with van der Waals surface area (Å²) in [6.45, 7) is -2.69. The van der Waals surface area contributed by atoms with Crippen molar-refractivity contribution in [1.29, 1.82) is 0 Å². The quantitative estimate of drug-likeness (QED) is 0.469. The Hall–Kier alpha value is -1.63. The van der Waals surface area contributed by atoms with Gasteiger partial charge in [0.2, 0.25) is 5.60 Å². The Kier molecular flexibility index (Phi) is 5.34. The number of carbonyl (C=O) groups is 2. The summed E-state index contributed by atoms with van der Waals surface area (Å²) in [5.41, 5.74) is -4.70. The van der Waals surface area contributed by atoms with E-state index in [1.165, 1.54) is 0 Å². The highest BCUT2D eigenvalue weighted by Gasteiger charge is 2.71. The molecule has 0 aromatic rings. The van der Waals surface area contributed by atoms with Crippen molar-refractivity contribution in [3.8, 4) is 0 Å². The molecule has 3 atom stereocenters. The second kappa shape index (κ2) is 7.19. The molecule has 0 radical (unpaired) electrons. The highest BCUT2D eigenvalue weighted by Crippen LogP contribution is 2.66. The van der Waals surface area contributed by atoms with Crippen LogP contribution in [0.15, 0.2) is 0 Å². The van der Waals surface area contributed by atoms with Gasteiger partial charge in [-0.15, -0.1) is 0 Å². The van der Waals surface area contributed by atoms with Crippen LogP contribution in [0.2, 0.25) is 0 Å². The Morgan fingerprint density at radius 1 is 0.970 bits per heavy atom. The zero-order valence-corrected chi connectivity index (χ0v) is 17.5. The summed E-state index contributed by atoms with van der Waals surface area (Å²) < 4.78 is 111. The Morgan fingerprint density at radius 3 is 1.88 bits per heavy atom. The molecule has 4 saturated carbocycles. The van der Waals surface area contributed by atoms with Gasteiger partial charge in [0.05, 0.1) is 11.8 Å². The van der Waals surface area contributed by atoms with Crippen LogP contribution < -0.4 is 0 Å². The standard InChI is InChI=1S/C20H23F7O6/c1-15(7-13(28)29,20(25,26)27)33-14(30)16-4-10-2-11(5-16)19(12(3-10)6-16)31-8-17(21,22)18(23,24)9-32-19/h10-12H,2-9H2,1H3,(H,28,29). The van der Waals surface area contributed by atoms with Gasteiger partial charge in [-0.2, -0.15) is 30.7 Å². The smallest absolute Gasteiger partial charge is 0.428 e. The van der Waals surface area contributed by atoms with Crippen molar-refractivity contribution in [3.05, 3.63) is 0 Å². The van der Waals surface area contributed by atoms with Crippen LogP contribution in [0.3, 0.4) is 0 Å². The van der Waals surface area contributed by atoms with Crippen LogP contribution in [0.1, 0.15) is 45.4 Å². The first-order valence-electron chi connectivity index (χ1n) is 10.5. The van der Waals surface area contributed by atoms with Crippen molar-refractivity contribution in [2.75, 3.05) is 13.2 Å². The largest absolute Gasteiger partial charge is 0.481 e. The summed E-state index contributed by atoms with van der Waals surface area (Å²) in [5.74, 6) is -15.5. The van der Waals surface area contributed by atoms with Crippen LogP contribution in [0.25, 0.3) is 0 Å². The topological polar surface area (TPSA) is 82.1 Å². The van der Waals surface area contributed by atoms with Crippen molar-refractivity contribution >= 4 is 11.9 Å². The second-order valence-corrected chi connectivity index (χ2v) is 10.0. The molecule has 0 aromatic heterocycles. The van der Waals surface area contributed by atoms with Crippen LogP contribution in [-0.4, -0.2) is 59.7 Å². The van der Waals surface area contributed by atoms with E-state index in [4.69, 9.17) is 19.3 Å². The van der Waals surface area contributed by atoms with Gasteiger partial charge in [0.25, 0.3) is 0 Å². The number of hydrogen-bond acceptors (Lipinski definition) is 5. The number of halogens is 7. The lowest BCUT2D eigenvalue weighted by Gasteiger charge is -2.62. The number of alkyl halides is 7. The van der Waals surface area contributed by atoms with E-state index in [0.29, 0.717) is 19.8 Å². The minimum Gasteiger partial charge on any atom is -0.481 e. The highest BCUT2D eigenvalue weighted by atomic mass is 19.4. The van der Waals surface area contributed by atoms with Gasteiger partial charge < -0.3 is 19.3 Å².